The number of rotatable bonds is 4. The molecule has 7 nitrogen and oxygen atoms in total. The van der Waals surface area contributed by atoms with Crippen molar-refractivity contribution in [2.24, 2.45) is 0 Å². The topological polar surface area (TPSA) is 103 Å². The zero-order chi connectivity index (χ0) is 15.2. The number of carbonyl (C=O) groups excluding carboxylic acids is 1. The predicted molar refractivity (Wildman–Crippen MR) is 76.0 cm³/mol. The van der Waals surface area contributed by atoms with Gasteiger partial charge < -0.3 is 20.4 Å². The standard InChI is InChI=1S/C14H19N3O4/c18-9-12-3-1-2-6-17(12)14(21)16-11-5-4-10(15-8-11)7-13(19)20/h4-5,8,12,18H,1-3,6-7,9H2,(H,16,21)(H,19,20). The first kappa shape index (κ1) is 15.2. The highest BCUT2D eigenvalue weighted by atomic mass is 16.4. The Balaban J connectivity index is 1.96. The van der Waals surface area contributed by atoms with E-state index in [0.717, 1.165) is 19.3 Å². The third-order valence-corrected chi connectivity index (χ3v) is 3.51. The molecule has 7 heteroatoms. The van der Waals surface area contributed by atoms with Crippen molar-refractivity contribution in [2.75, 3.05) is 18.5 Å². The maximum atomic E-state index is 12.2. The average molecular weight is 293 g/mol. The molecule has 0 aromatic carbocycles. The van der Waals surface area contributed by atoms with Crippen LogP contribution in [0.1, 0.15) is 25.0 Å². The summed E-state index contributed by atoms with van der Waals surface area (Å²) >= 11 is 0. The smallest absolute Gasteiger partial charge is 0.322 e. The maximum absolute atomic E-state index is 12.2. The van der Waals surface area contributed by atoms with Crippen LogP contribution in [0.3, 0.4) is 0 Å². The predicted octanol–water partition coefficient (Wildman–Crippen LogP) is 1.09. The number of anilines is 1. The number of carboxylic acids is 1. The molecule has 0 radical (unpaired) electrons. The third-order valence-electron chi connectivity index (χ3n) is 3.51. The number of nitrogens with one attached hydrogen (secondary N) is 1. The van der Waals surface area contributed by atoms with Crippen LogP contribution in [0.15, 0.2) is 18.3 Å². The Labute approximate surface area is 122 Å². The summed E-state index contributed by atoms with van der Waals surface area (Å²) < 4.78 is 0. The summed E-state index contributed by atoms with van der Waals surface area (Å²) in [6, 6.07) is 2.80. The molecule has 0 spiro atoms. The largest absolute Gasteiger partial charge is 0.481 e. The molecule has 21 heavy (non-hydrogen) atoms. The molecule has 0 saturated carbocycles. The highest BCUT2D eigenvalue weighted by Gasteiger charge is 2.26. The molecule has 2 amide bonds. The van der Waals surface area contributed by atoms with E-state index < -0.39 is 5.97 Å². The van der Waals surface area contributed by atoms with E-state index in [2.05, 4.69) is 10.3 Å². The lowest BCUT2D eigenvalue weighted by Gasteiger charge is -2.34. The number of hydrogen-bond donors (Lipinski definition) is 3. The van der Waals surface area contributed by atoms with E-state index in [1.807, 2.05) is 0 Å². The van der Waals surface area contributed by atoms with Crippen molar-refractivity contribution in [3.05, 3.63) is 24.0 Å². The summed E-state index contributed by atoms with van der Waals surface area (Å²) in [5.41, 5.74) is 0.947. The average Bonchev–Trinajstić information content (AvgIpc) is 2.48. The lowest BCUT2D eigenvalue weighted by molar-refractivity contribution is -0.136. The number of likely N-dealkylation sites (tertiary alicyclic amines) is 1. The first-order valence-electron chi connectivity index (χ1n) is 6.95. The Kier molecular flexibility index (Phi) is 5.10. The Morgan fingerprint density at radius 3 is 2.81 bits per heavy atom. The second-order valence-electron chi connectivity index (χ2n) is 5.06. The van der Waals surface area contributed by atoms with Crippen LogP contribution in [0.5, 0.6) is 0 Å². The first-order chi connectivity index (χ1) is 10.1. The van der Waals surface area contributed by atoms with Gasteiger partial charge in [0.15, 0.2) is 0 Å². The summed E-state index contributed by atoms with van der Waals surface area (Å²) in [5, 5.41) is 20.7. The molecule has 2 rings (SSSR count). The van der Waals surface area contributed by atoms with E-state index in [4.69, 9.17) is 5.11 Å². The van der Waals surface area contributed by atoms with E-state index in [0.29, 0.717) is 17.9 Å². The van der Waals surface area contributed by atoms with Gasteiger partial charge in [-0.3, -0.25) is 9.78 Å². The second-order valence-corrected chi connectivity index (χ2v) is 5.06. The van der Waals surface area contributed by atoms with Gasteiger partial charge in [0.1, 0.15) is 0 Å². The molecule has 1 aliphatic heterocycles. The lowest BCUT2D eigenvalue weighted by Crippen LogP contribution is -2.47. The van der Waals surface area contributed by atoms with Gasteiger partial charge in [-0.05, 0) is 31.4 Å². The van der Waals surface area contributed by atoms with Crippen LogP contribution < -0.4 is 5.32 Å². The molecule has 1 aromatic rings. The van der Waals surface area contributed by atoms with Crippen LogP contribution in [-0.2, 0) is 11.2 Å². The molecular weight excluding hydrogens is 274 g/mol. The molecule has 1 fully saturated rings. The number of hydrogen-bond acceptors (Lipinski definition) is 4. The van der Waals surface area contributed by atoms with Gasteiger partial charge in [-0.25, -0.2) is 4.79 Å². The van der Waals surface area contributed by atoms with Gasteiger partial charge in [-0.15, -0.1) is 0 Å². The number of aliphatic hydroxyl groups excluding tert-OH is 1. The van der Waals surface area contributed by atoms with Gasteiger partial charge in [-0.2, -0.15) is 0 Å². The minimum Gasteiger partial charge on any atom is -0.481 e. The van der Waals surface area contributed by atoms with Crippen molar-refractivity contribution >= 4 is 17.7 Å². The second kappa shape index (κ2) is 7.03. The normalized spacial score (nSPS) is 18.3. The summed E-state index contributed by atoms with van der Waals surface area (Å²) in [7, 11) is 0. The minimum absolute atomic E-state index is 0.0385. The number of amides is 2. The summed E-state index contributed by atoms with van der Waals surface area (Å²) in [5.74, 6) is -0.946. The molecule has 1 aliphatic rings. The fourth-order valence-electron chi connectivity index (χ4n) is 2.41. The van der Waals surface area contributed by atoms with Gasteiger partial charge in [0.25, 0.3) is 0 Å². The highest BCUT2D eigenvalue weighted by molar-refractivity contribution is 5.89. The molecule has 1 atom stereocenters. The summed E-state index contributed by atoms with van der Waals surface area (Å²) in [6.45, 7) is 0.588. The van der Waals surface area contributed by atoms with Crippen LogP contribution in [0.4, 0.5) is 10.5 Å². The number of carbonyl (C=O) groups is 2. The monoisotopic (exact) mass is 293 g/mol. The zero-order valence-electron chi connectivity index (χ0n) is 11.7. The SMILES string of the molecule is O=C(O)Cc1ccc(NC(=O)N2CCCCC2CO)cn1. The minimum atomic E-state index is -0.946. The van der Waals surface area contributed by atoms with E-state index >= 15 is 0 Å². The number of aliphatic carboxylic acids is 1. The number of nitrogens with zero attached hydrogens (tertiary/aromatic N) is 2. The fourth-order valence-corrected chi connectivity index (χ4v) is 2.41. The molecular formula is C14H19N3O4. The number of pyridine rings is 1. The van der Waals surface area contributed by atoms with E-state index in [1.165, 1.54) is 6.20 Å². The van der Waals surface area contributed by atoms with Gasteiger partial charge in [0, 0.05) is 6.54 Å². The van der Waals surface area contributed by atoms with Crippen molar-refractivity contribution in [2.45, 2.75) is 31.7 Å². The third kappa shape index (κ3) is 4.16. The highest BCUT2D eigenvalue weighted by Crippen LogP contribution is 2.18. The molecule has 114 valence electrons. The van der Waals surface area contributed by atoms with Crippen molar-refractivity contribution in [1.82, 2.24) is 9.88 Å². The van der Waals surface area contributed by atoms with Gasteiger partial charge in [0.2, 0.25) is 0 Å². The first-order valence-corrected chi connectivity index (χ1v) is 6.95. The van der Waals surface area contributed by atoms with Gasteiger partial charge >= 0.3 is 12.0 Å². The Morgan fingerprint density at radius 2 is 2.19 bits per heavy atom. The molecule has 1 aromatic heterocycles. The van der Waals surface area contributed by atoms with Gasteiger partial charge in [-0.1, -0.05) is 0 Å². The lowest BCUT2D eigenvalue weighted by atomic mass is 10.0. The molecule has 0 aliphatic carbocycles. The van der Waals surface area contributed by atoms with Crippen LogP contribution in [-0.4, -0.2) is 51.3 Å². The van der Waals surface area contributed by atoms with Crippen LogP contribution in [0.25, 0.3) is 0 Å². The van der Waals surface area contributed by atoms with Crippen molar-refractivity contribution in [1.29, 1.82) is 0 Å². The molecule has 1 saturated heterocycles. The van der Waals surface area contributed by atoms with Gasteiger partial charge in [0.05, 0.1) is 36.6 Å². The summed E-state index contributed by atoms with van der Waals surface area (Å²) in [6.07, 6.45) is 4.04. The fraction of sp³-hybridized carbons (Fsp3) is 0.500. The Hall–Kier alpha value is -2.15. The van der Waals surface area contributed by atoms with Crippen LogP contribution >= 0.6 is 0 Å². The number of urea groups is 1. The van der Waals surface area contributed by atoms with E-state index in [-0.39, 0.29) is 25.1 Å². The van der Waals surface area contributed by atoms with Crippen molar-refractivity contribution < 1.29 is 19.8 Å². The number of aliphatic hydroxyl groups is 1. The molecule has 3 N–H and O–H groups in total. The van der Waals surface area contributed by atoms with Crippen LogP contribution in [0.2, 0.25) is 0 Å². The molecule has 0 bridgehead atoms. The Bertz CT molecular complexity index is 503. The number of carboxylic acid groups (broad SMARTS) is 1. The molecule has 2 heterocycles. The van der Waals surface area contributed by atoms with Crippen molar-refractivity contribution in [3.8, 4) is 0 Å². The van der Waals surface area contributed by atoms with Crippen molar-refractivity contribution in [3.63, 3.8) is 0 Å². The summed E-state index contributed by atoms with van der Waals surface area (Å²) in [4.78, 5) is 28.4. The van der Waals surface area contributed by atoms with E-state index in [1.54, 1.807) is 17.0 Å². The van der Waals surface area contributed by atoms with Crippen LogP contribution in [0, 0.1) is 0 Å². The molecule has 1 unspecified atom stereocenters. The zero-order valence-corrected chi connectivity index (χ0v) is 11.7. The Morgan fingerprint density at radius 1 is 1.38 bits per heavy atom. The number of piperidine rings is 1. The van der Waals surface area contributed by atoms with E-state index in [9.17, 15) is 14.7 Å². The maximum Gasteiger partial charge on any atom is 0.322 e. The quantitative estimate of drug-likeness (QED) is 0.771. The number of aromatic nitrogens is 1.